The molecule has 0 aromatic carbocycles. The van der Waals surface area contributed by atoms with Crippen molar-refractivity contribution in [3.05, 3.63) is 19.3 Å². The van der Waals surface area contributed by atoms with Crippen LogP contribution < -0.4 is 0 Å². The zero-order valence-corrected chi connectivity index (χ0v) is 32.5. The monoisotopic (exact) mass is 1050 g/mol. The number of carbonyl (C=O) groups excluding carboxylic acids is 6. The Morgan fingerprint density at radius 1 is 0.276 bits per heavy atom. The molecule has 0 aliphatic carbocycles. The second-order valence-corrected chi connectivity index (χ2v) is 14.3. The van der Waals surface area contributed by atoms with Crippen molar-refractivity contribution in [2.75, 3.05) is 0 Å². The van der Waals surface area contributed by atoms with E-state index < -0.39 is 124 Å². The topological polar surface area (TPSA) is 102 Å². The maximum atomic E-state index is 12.8. The van der Waals surface area contributed by atoms with E-state index in [0.29, 0.717) is 0 Å². The van der Waals surface area contributed by atoms with E-state index in [1.54, 1.807) is 0 Å². The van der Waals surface area contributed by atoms with Crippen LogP contribution in [0.3, 0.4) is 0 Å². The Kier molecular flexibility index (Phi) is 20.3. The fraction of sp³-hybridized carbons (Fsp3) is 0.700. The molecule has 0 saturated heterocycles. The number of hydrogen-bond donors (Lipinski definition) is 0. The van der Waals surface area contributed by atoms with Crippen molar-refractivity contribution in [1.82, 2.24) is 0 Å². The van der Waals surface area contributed by atoms with Crippen LogP contribution in [0.4, 0.5) is 92.2 Å². The van der Waals surface area contributed by atoms with Gasteiger partial charge in [-0.05, 0) is 16.2 Å². The van der Waals surface area contributed by atoms with Crippen molar-refractivity contribution < 1.29 is 159 Å². The zero-order chi connectivity index (χ0) is 47.6. The quantitative estimate of drug-likeness (QED) is 0.110. The van der Waals surface area contributed by atoms with Crippen LogP contribution in [0, 0.1) is 73.7 Å². The van der Waals surface area contributed by atoms with E-state index in [2.05, 4.69) is 0 Å². The Morgan fingerprint density at radius 3 is 0.483 bits per heavy atom. The molecule has 0 unspecified atom stereocenters. The van der Waals surface area contributed by atoms with Crippen molar-refractivity contribution >= 4 is 34.7 Å². The molecule has 0 atom stereocenters. The van der Waals surface area contributed by atoms with Crippen LogP contribution in [0.2, 0.25) is 0 Å². The first-order valence-electron chi connectivity index (χ1n) is 14.4. The Hall–Kier alpha value is -2.57. The summed E-state index contributed by atoms with van der Waals surface area (Å²) in [4.78, 5) is 65.9. The molecule has 28 heteroatoms. The summed E-state index contributed by atoms with van der Waals surface area (Å²) in [6.45, 7) is 10.6. The van der Waals surface area contributed by atoms with Gasteiger partial charge in [0.25, 0.3) is 0 Å². The SMILES string of the molecule is CC(C)(C)C(=O)[CH-]C(=O)C(F)(F)C(F)(F)C(F)(F)F.CC(C)(C)C(=O)[CH-]C(=O)C(F)(F)C(F)(F)C(F)(F)F.CC(C)(C)C(=O)[CH-]C(=O)C(F)(F)C(F)(F)C(F)(F)F.[Dy+3]. The number of rotatable bonds is 12. The van der Waals surface area contributed by atoms with Crippen molar-refractivity contribution in [3.8, 4) is 0 Å². The van der Waals surface area contributed by atoms with Crippen LogP contribution in [-0.4, -0.2) is 88.8 Å². The second-order valence-electron chi connectivity index (χ2n) is 14.3. The van der Waals surface area contributed by atoms with Crippen LogP contribution >= 0.6 is 0 Å². The Morgan fingerprint density at radius 2 is 0.397 bits per heavy atom. The first-order valence-corrected chi connectivity index (χ1v) is 14.4. The van der Waals surface area contributed by atoms with Gasteiger partial charge in [0.2, 0.25) is 0 Å². The van der Waals surface area contributed by atoms with Crippen molar-refractivity contribution in [2.24, 2.45) is 16.2 Å². The summed E-state index contributed by atoms with van der Waals surface area (Å²) in [7, 11) is 0. The normalized spacial score (nSPS) is 14.0. The minimum absolute atomic E-state index is 0. The minimum Gasteiger partial charge on any atom is -0.333 e. The fourth-order valence-electron chi connectivity index (χ4n) is 2.28. The third kappa shape index (κ3) is 14.9. The van der Waals surface area contributed by atoms with Gasteiger partial charge in [0.15, 0.2) is 0 Å². The molecule has 0 saturated carbocycles. The number of Topliss-reactive ketones (excluding diaryl/α,β-unsaturated/α-hetero) is 6. The van der Waals surface area contributed by atoms with E-state index in [1.165, 1.54) is 62.3 Å². The molecule has 0 bridgehead atoms. The van der Waals surface area contributed by atoms with Gasteiger partial charge in [-0.1, -0.05) is 62.3 Å². The number of carbonyl (C=O) groups is 6. The van der Waals surface area contributed by atoms with Crippen molar-refractivity contribution in [2.45, 2.75) is 116 Å². The van der Waals surface area contributed by atoms with E-state index >= 15 is 0 Å². The van der Waals surface area contributed by atoms with Crippen molar-refractivity contribution in [1.29, 1.82) is 0 Å². The van der Waals surface area contributed by atoms with E-state index in [9.17, 15) is 121 Å². The molecule has 0 aliphatic rings. The number of hydrogen-bond acceptors (Lipinski definition) is 6. The van der Waals surface area contributed by atoms with Gasteiger partial charge in [-0.3, -0.25) is 19.3 Å². The average molecular weight is 1050 g/mol. The van der Waals surface area contributed by atoms with Gasteiger partial charge in [-0.25, -0.2) is 0 Å². The number of halogens is 21. The number of ketones is 6. The van der Waals surface area contributed by atoms with E-state index in [1.807, 2.05) is 0 Å². The summed E-state index contributed by atoms with van der Waals surface area (Å²) in [5.41, 5.74) is -4.09. The summed E-state index contributed by atoms with van der Waals surface area (Å²) in [5, 5.41) is 0. The third-order valence-corrected chi connectivity index (χ3v) is 6.18. The third-order valence-electron chi connectivity index (χ3n) is 6.18. The average Bonchev–Trinajstić information content (AvgIpc) is 2.93. The Bertz CT molecular complexity index is 1310. The summed E-state index contributed by atoms with van der Waals surface area (Å²) in [5.74, 6) is -50.2. The molecule has 0 spiro atoms. The standard InChI is InChI=1S/3C10H10F7O2.Dy/c3*1-7(2,3)5(18)4-6(19)8(11,12)9(13,14)10(15,16)17;/h3*4H,1-3H3;/q3*-1;+3. The van der Waals surface area contributed by atoms with Crippen molar-refractivity contribution in [3.63, 3.8) is 0 Å². The van der Waals surface area contributed by atoms with Gasteiger partial charge in [-0.15, -0.1) is 0 Å². The van der Waals surface area contributed by atoms with Gasteiger partial charge in [-0.2, -0.15) is 92.2 Å². The van der Waals surface area contributed by atoms with Crippen LogP contribution in [0.15, 0.2) is 0 Å². The molecule has 0 amide bonds. The summed E-state index contributed by atoms with van der Waals surface area (Å²) in [6.07, 6.45) is -21.1. The molecular weight excluding hydrogens is 1020 g/mol. The molecule has 0 fully saturated rings. The molecule has 58 heavy (non-hydrogen) atoms. The smallest absolute Gasteiger partial charge is 0.333 e. The maximum absolute atomic E-state index is 12.8. The van der Waals surface area contributed by atoms with Gasteiger partial charge in [0.1, 0.15) is 0 Å². The molecular formula is C30H30DyF21O6. The maximum Gasteiger partial charge on any atom is 3.00 e. The Balaban J connectivity index is -0.000000374. The molecule has 0 heterocycles. The minimum atomic E-state index is -6.61. The van der Waals surface area contributed by atoms with Crippen LogP contribution in [0.5, 0.6) is 0 Å². The molecule has 0 aliphatic heterocycles. The van der Waals surface area contributed by atoms with E-state index in [4.69, 9.17) is 0 Å². The van der Waals surface area contributed by atoms with Gasteiger partial charge in [0.05, 0.1) is 17.3 Å². The summed E-state index contributed by atoms with van der Waals surface area (Å²) in [6, 6.07) is 0. The summed E-state index contributed by atoms with van der Waals surface area (Å²) < 4.78 is 258. The predicted molar refractivity (Wildman–Crippen MR) is 149 cm³/mol. The van der Waals surface area contributed by atoms with Gasteiger partial charge in [0, 0.05) is 17.3 Å². The van der Waals surface area contributed by atoms with E-state index in [-0.39, 0.29) is 38.2 Å². The first-order chi connectivity index (χ1) is 24.1. The fourth-order valence-corrected chi connectivity index (χ4v) is 2.28. The first kappa shape index (κ1) is 62.1. The second kappa shape index (κ2) is 19.0. The Labute approximate surface area is 344 Å². The van der Waals surface area contributed by atoms with Crippen LogP contribution in [-0.2, 0) is 28.8 Å². The number of alkyl halides is 21. The molecule has 0 aromatic heterocycles. The van der Waals surface area contributed by atoms with E-state index in [0.717, 1.165) is 0 Å². The van der Waals surface area contributed by atoms with Crippen LogP contribution in [0.25, 0.3) is 0 Å². The molecule has 0 aromatic rings. The molecule has 1 radical (unpaired) electrons. The predicted octanol–water partition coefficient (Wildman–Crippen LogP) is 9.62. The van der Waals surface area contributed by atoms with Gasteiger partial charge >= 0.3 is 92.2 Å². The van der Waals surface area contributed by atoms with Crippen LogP contribution in [0.1, 0.15) is 62.3 Å². The van der Waals surface area contributed by atoms with Gasteiger partial charge < -0.3 is 28.8 Å². The summed E-state index contributed by atoms with van der Waals surface area (Å²) >= 11 is 0. The molecule has 0 rings (SSSR count). The molecule has 343 valence electrons. The molecule has 6 nitrogen and oxygen atoms in total. The largest absolute Gasteiger partial charge is 3.00 e. The molecule has 0 N–H and O–H groups in total. The zero-order valence-electron chi connectivity index (χ0n) is 30.4.